The molecule has 0 fully saturated rings. The highest BCUT2D eigenvalue weighted by molar-refractivity contribution is 7.18. The number of thiazole rings is 2. The van der Waals surface area contributed by atoms with Crippen LogP contribution >= 0.6 is 34.3 Å². The van der Waals surface area contributed by atoms with E-state index in [9.17, 15) is 0 Å². The Morgan fingerprint density at radius 1 is 1.11 bits per heavy atom. The summed E-state index contributed by atoms with van der Waals surface area (Å²) in [7, 11) is 0. The third kappa shape index (κ3) is 2.70. The van der Waals surface area contributed by atoms with Gasteiger partial charge in [0.15, 0.2) is 0 Å². The highest BCUT2D eigenvalue weighted by atomic mass is 35.5. The maximum Gasteiger partial charge on any atom is 0.113 e. The van der Waals surface area contributed by atoms with Crippen molar-refractivity contribution in [1.82, 2.24) is 15.3 Å². The molecule has 92 valence electrons. The zero-order chi connectivity index (χ0) is 12.4. The molecule has 2 aromatic heterocycles. The Labute approximate surface area is 117 Å². The van der Waals surface area contributed by atoms with Gasteiger partial charge in [0.05, 0.1) is 16.4 Å². The highest BCUT2D eigenvalue weighted by Gasteiger charge is 2.03. The fourth-order valence-corrected chi connectivity index (χ4v) is 3.50. The van der Waals surface area contributed by atoms with Crippen molar-refractivity contribution in [3.05, 3.63) is 44.8 Å². The van der Waals surface area contributed by atoms with Crippen LogP contribution in [0.25, 0.3) is 10.2 Å². The van der Waals surface area contributed by atoms with E-state index in [0.717, 1.165) is 33.0 Å². The molecule has 1 N–H and O–H groups in total. The van der Waals surface area contributed by atoms with Crippen LogP contribution in [0, 0.1) is 0 Å². The van der Waals surface area contributed by atoms with Crippen molar-refractivity contribution >= 4 is 44.5 Å². The molecular weight excluding hydrogens is 286 g/mol. The van der Waals surface area contributed by atoms with Crippen molar-refractivity contribution in [3.8, 4) is 0 Å². The molecule has 0 saturated carbocycles. The van der Waals surface area contributed by atoms with Gasteiger partial charge in [0.25, 0.3) is 0 Å². The van der Waals surface area contributed by atoms with Crippen molar-refractivity contribution in [2.24, 2.45) is 0 Å². The van der Waals surface area contributed by atoms with Crippen LogP contribution in [-0.4, -0.2) is 9.97 Å². The lowest BCUT2D eigenvalue weighted by molar-refractivity contribution is 0.687. The number of para-hydroxylation sites is 1. The number of nitrogens with zero attached hydrogens (tertiary/aromatic N) is 2. The summed E-state index contributed by atoms with van der Waals surface area (Å²) < 4.78 is 1.96. The van der Waals surface area contributed by atoms with Crippen LogP contribution in [0.3, 0.4) is 0 Å². The quantitative estimate of drug-likeness (QED) is 0.797. The van der Waals surface area contributed by atoms with E-state index in [-0.39, 0.29) is 0 Å². The Kier molecular flexibility index (Phi) is 3.56. The van der Waals surface area contributed by atoms with Crippen LogP contribution in [0.4, 0.5) is 0 Å². The Hall–Kier alpha value is -1.01. The van der Waals surface area contributed by atoms with Crippen molar-refractivity contribution in [2.75, 3.05) is 0 Å². The first-order valence-electron chi connectivity index (χ1n) is 5.46. The molecule has 0 radical (unpaired) electrons. The number of rotatable bonds is 4. The Balaban J connectivity index is 1.62. The number of nitrogens with one attached hydrogen (secondary N) is 1. The molecule has 0 aliphatic heterocycles. The van der Waals surface area contributed by atoms with Gasteiger partial charge in [-0.25, -0.2) is 9.97 Å². The van der Waals surface area contributed by atoms with Crippen LogP contribution in [0.15, 0.2) is 30.5 Å². The van der Waals surface area contributed by atoms with Gasteiger partial charge in [0.2, 0.25) is 0 Å². The van der Waals surface area contributed by atoms with E-state index >= 15 is 0 Å². The lowest BCUT2D eigenvalue weighted by Crippen LogP contribution is -2.12. The van der Waals surface area contributed by atoms with Crippen LogP contribution < -0.4 is 5.32 Å². The molecule has 6 heteroatoms. The minimum atomic E-state index is 0.729. The maximum absolute atomic E-state index is 5.83. The van der Waals surface area contributed by atoms with Crippen molar-refractivity contribution < 1.29 is 0 Å². The summed E-state index contributed by atoms with van der Waals surface area (Å²) in [4.78, 5) is 8.76. The predicted octanol–water partition coefficient (Wildman–Crippen LogP) is 3.70. The fraction of sp³-hybridized carbons (Fsp3) is 0.167. The Bertz CT molecular complexity index is 629. The first-order valence-corrected chi connectivity index (χ1v) is 7.48. The number of aromatic nitrogens is 2. The van der Waals surface area contributed by atoms with Gasteiger partial charge in [-0.1, -0.05) is 23.7 Å². The molecule has 3 aromatic rings. The number of hydrogen-bond acceptors (Lipinski definition) is 5. The van der Waals surface area contributed by atoms with Gasteiger partial charge in [-0.05, 0) is 12.1 Å². The molecule has 0 aliphatic carbocycles. The second-order valence-electron chi connectivity index (χ2n) is 3.74. The molecule has 2 heterocycles. The molecule has 3 nitrogen and oxygen atoms in total. The molecule has 0 unspecified atom stereocenters. The summed E-state index contributed by atoms with van der Waals surface area (Å²) in [6.45, 7) is 1.49. The molecule has 0 spiro atoms. The van der Waals surface area contributed by atoms with E-state index in [0.29, 0.717) is 0 Å². The van der Waals surface area contributed by atoms with Gasteiger partial charge in [0.1, 0.15) is 14.4 Å². The monoisotopic (exact) mass is 295 g/mol. The third-order valence-corrected chi connectivity index (χ3v) is 4.57. The molecule has 0 aliphatic rings. The smallest absolute Gasteiger partial charge is 0.113 e. The lowest BCUT2D eigenvalue weighted by atomic mass is 10.3. The topological polar surface area (TPSA) is 37.8 Å². The van der Waals surface area contributed by atoms with E-state index in [2.05, 4.69) is 21.4 Å². The number of benzene rings is 1. The molecule has 0 saturated heterocycles. The highest BCUT2D eigenvalue weighted by Crippen LogP contribution is 2.22. The predicted molar refractivity (Wildman–Crippen MR) is 77.3 cm³/mol. The average molecular weight is 296 g/mol. The van der Waals surface area contributed by atoms with Gasteiger partial charge in [-0.3, -0.25) is 0 Å². The SMILES string of the molecule is Clc1cnc(CNCc2nc3ccccc3s2)s1. The molecule has 1 aromatic carbocycles. The van der Waals surface area contributed by atoms with Crippen LogP contribution in [0.2, 0.25) is 4.34 Å². The number of hydrogen-bond donors (Lipinski definition) is 1. The van der Waals surface area contributed by atoms with Crippen LogP contribution in [-0.2, 0) is 13.1 Å². The molecule has 3 rings (SSSR count). The molecule has 0 atom stereocenters. The van der Waals surface area contributed by atoms with Gasteiger partial charge < -0.3 is 5.32 Å². The number of halogens is 1. The Morgan fingerprint density at radius 3 is 2.72 bits per heavy atom. The van der Waals surface area contributed by atoms with Crippen LogP contribution in [0.1, 0.15) is 10.0 Å². The minimum Gasteiger partial charge on any atom is -0.304 e. The minimum absolute atomic E-state index is 0.729. The molecule has 0 bridgehead atoms. The van der Waals surface area contributed by atoms with Gasteiger partial charge in [0, 0.05) is 13.1 Å². The van der Waals surface area contributed by atoms with Crippen molar-refractivity contribution in [2.45, 2.75) is 13.1 Å². The maximum atomic E-state index is 5.83. The first kappa shape index (κ1) is 12.0. The zero-order valence-electron chi connectivity index (χ0n) is 9.39. The van der Waals surface area contributed by atoms with E-state index < -0.39 is 0 Å². The third-order valence-electron chi connectivity index (χ3n) is 2.42. The largest absolute Gasteiger partial charge is 0.304 e. The van der Waals surface area contributed by atoms with E-state index in [4.69, 9.17) is 11.6 Å². The molecule has 0 amide bonds. The van der Waals surface area contributed by atoms with E-state index in [1.54, 1.807) is 17.5 Å². The first-order chi connectivity index (χ1) is 8.81. The molecule has 18 heavy (non-hydrogen) atoms. The fourth-order valence-electron chi connectivity index (χ4n) is 1.64. The summed E-state index contributed by atoms with van der Waals surface area (Å²) in [6, 6.07) is 8.18. The van der Waals surface area contributed by atoms with Crippen molar-refractivity contribution in [3.63, 3.8) is 0 Å². The van der Waals surface area contributed by atoms with E-state index in [1.165, 1.54) is 16.0 Å². The van der Waals surface area contributed by atoms with Gasteiger partial charge in [-0.15, -0.1) is 22.7 Å². The van der Waals surface area contributed by atoms with Gasteiger partial charge >= 0.3 is 0 Å². The summed E-state index contributed by atoms with van der Waals surface area (Å²) in [5, 5.41) is 5.43. The second-order valence-corrected chi connectivity index (χ2v) is 6.60. The Morgan fingerprint density at radius 2 is 1.94 bits per heavy atom. The average Bonchev–Trinajstić information content (AvgIpc) is 2.95. The lowest BCUT2D eigenvalue weighted by Gasteiger charge is -1.97. The summed E-state index contributed by atoms with van der Waals surface area (Å²) >= 11 is 9.05. The summed E-state index contributed by atoms with van der Waals surface area (Å²) in [6.07, 6.45) is 1.68. The number of fused-ring (bicyclic) bond motifs is 1. The zero-order valence-corrected chi connectivity index (χ0v) is 11.8. The molecular formula is C12H10ClN3S2. The van der Waals surface area contributed by atoms with Crippen molar-refractivity contribution in [1.29, 1.82) is 0 Å². The summed E-state index contributed by atoms with van der Waals surface area (Å²) in [5.41, 5.74) is 1.07. The van der Waals surface area contributed by atoms with Crippen LogP contribution in [0.5, 0.6) is 0 Å². The van der Waals surface area contributed by atoms with Gasteiger partial charge in [-0.2, -0.15) is 0 Å². The normalized spacial score (nSPS) is 11.2. The van der Waals surface area contributed by atoms with E-state index in [1.807, 2.05) is 18.2 Å². The second kappa shape index (κ2) is 5.32. The summed E-state index contributed by atoms with van der Waals surface area (Å²) in [5.74, 6) is 0. The standard InChI is InChI=1S/C12H10ClN3S2/c13-10-5-15-11(18-10)6-14-7-12-16-8-3-1-2-4-9(8)17-12/h1-5,14H,6-7H2.